The Morgan fingerprint density at radius 3 is 2.37 bits per heavy atom. The molecule has 0 saturated carbocycles. The number of methoxy groups -OCH3 is 1. The minimum absolute atomic E-state index is 0.0532. The summed E-state index contributed by atoms with van der Waals surface area (Å²) in [5.74, 6) is 1.58. The largest absolute Gasteiger partial charge is 0.493 e. The first-order chi connectivity index (χ1) is 8.74. The highest BCUT2D eigenvalue weighted by Crippen LogP contribution is 2.37. The summed E-state index contributed by atoms with van der Waals surface area (Å²) < 4.78 is 12.3. The van der Waals surface area contributed by atoms with Crippen LogP contribution in [0.25, 0.3) is 0 Å². The van der Waals surface area contributed by atoms with Crippen LogP contribution < -0.4 is 14.8 Å². The Morgan fingerprint density at radius 2 is 1.89 bits per heavy atom. The number of benzene rings is 1. The highest BCUT2D eigenvalue weighted by Gasteiger charge is 2.18. The molecule has 1 aromatic rings. The van der Waals surface area contributed by atoms with Gasteiger partial charge < -0.3 is 14.8 Å². The Morgan fingerprint density at radius 1 is 1.26 bits per heavy atom. The molecule has 0 aliphatic carbocycles. The van der Waals surface area contributed by atoms with Crippen molar-refractivity contribution in [2.75, 3.05) is 7.11 Å². The second kappa shape index (κ2) is 6.62. The van der Waals surface area contributed by atoms with Gasteiger partial charge in [-0.15, -0.1) is 0 Å². The standard InChI is InChI=1S/C15H24BrNO2/c1-10(2)19-14-11(9-17-15(3,4)5)12(16)7-8-13(14)18-6/h7-8,10,17H,9H2,1-6H3. The Hall–Kier alpha value is -0.740. The van der Waals surface area contributed by atoms with Crippen molar-refractivity contribution in [2.45, 2.75) is 52.8 Å². The zero-order valence-electron chi connectivity index (χ0n) is 12.6. The molecule has 0 radical (unpaired) electrons. The molecule has 0 aliphatic heterocycles. The second-order valence-electron chi connectivity index (χ2n) is 5.83. The van der Waals surface area contributed by atoms with E-state index in [9.17, 15) is 0 Å². The molecule has 0 amide bonds. The molecule has 0 aliphatic rings. The van der Waals surface area contributed by atoms with Gasteiger partial charge in [0.15, 0.2) is 11.5 Å². The summed E-state index contributed by atoms with van der Waals surface area (Å²) in [6.07, 6.45) is 0.108. The van der Waals surface area contributed by atoms with Gasteiger partial charge in [-0.2, -0.15) is 0 Å². The molecule has 0 aromatic heterocycles. The van der Waals surface area contributed by atoms with E-state index in [-0.39, 0.29) is 11.6 Å². The highest BCUT2D eigenvalue weighted by molar-refractivity contribution is 9.10. The third-order valence-corrected chi connectivity index (χ3v) is 3.28. The van der Waals surface area contributed by atoms with Crippen molar-refractivity contribution in [1.82, 2.24) is 5.32 Å². The summed E-state index contributed by atoms with van der Waals surface area (Å²) in [6.45, 7) is 11.2. The molecule has 4 heteroatoms. The monoisotopic (exact) mass is 329 g/mol. The molecule has 1 rings (SSSR count). The zero-order chi connectivity index (χ0) is 14.6. The van der Waals surface area contributed by atoms with E-state index in [2.05, 4.69) is 42.0 Å². The van der Waals surface area contributed by atoms with Crippen molar-refractivity contribution in [1.29, 1.82) is 0 Å². The Labute approximate surface area is 124 Å². The second-order valence-corrected chi connectivity index (χ2v) is 6.68. The van der Waals surface area contributed by atoms with Crippen LogP contribution in [0.3, 0.4) is 0 Å². The lowest BCUT2D eigenvalue weighted by Crippen LogP contribution is -2.35. The Bertz CT molecular complexity index is 425. The SMILES string of the molecule is COc1ccc(Br)c(CNC(C)(C)C)c1OC(C)C. The summed E-state index contributed by atoms with van der Waals surface area (Å²) in [5, 5.41) is 3.48. The Kier molecular flexibility index (Phi) is 5.68. The van der Waals surface area contributed by atoms with Gasteiger partial charge >= 0.3 is 0 Å². The van der Waals surface area contributed by atoms with Crippen molar-refractivity contribution in [3.8, 4) is 11.5 Å². The van der Waals surface area contributed by atoms with Crippen molar-refractivity contribution in [2.24, 2.45) is 0 Å². The predicted octanol–water partition coefficient (Wildman–Crippen LogP) is 4.13. The van der Waals surface area contributed by atoms with Crippen LogP contribution in [-0.2, 0) is 6.54 Å². The van der Waals surface area contributed by atoms with E-state index in [1.807, 2.05) is 26.0 Å². The van der Waals surface area contributed by atoms with Crippen LogP contribution in [-0.4, -0.2) is 18.8 Å². The molecular formula is C15H24BrNO2. The van der Waals surface area contributed by atoms with Crippen molar-refractivity contribution < 1.29 is 9.47 Å². The summed E-state index contributed by atoms with van der Waals surface area (Å²) >= 11 is 3.59. The van der Waals surface area contributed by atoms with Gasteiger partial charge in [0.1, 0.15) is 0 Å². The fraction of sp³-hybridized carbons (Fsp3) is 0.600. The molecule has 0 unspecified atom stereocenters. The van der Waals surface area contributed by atoms with Gasteiger partial charge in [-0.1, -0.05) is 15.9 Å². The van der Waals surface area contributed by atoms with Gasteiger partial charge in [-0.05, 0) is 46.8 Å². The van der Waals surface area contributed by atoms with Crippen LogP contribution in [0, 0.1) is 0 Å². The minimum Gasteiger partial charge on any atom is -0.493 e. The fourth-order valence-electron chi connectivity index (χ4n) is 1.63. The molecule has 0 spiro atoms. The molecule has 19 heavy (non-hydrogen) atoms. The van der Waals surface area contributed by atoms with Crippen LogP contribution in [0.5, 0.6) is 11.5 Å². The average molecular weight is 330 g/mol. The van der Waals surface area contributed by atoms with E-state index in [0.29, 0.717) is 0 Å². The first-order valence-corrected chi connectivity index (χ1v) is 7.31. The maximum absolute atomic E-state index is 5.92. The maximum atomic E-state index is 5.92. The van der Waals surface area contributed by atoms with E-state index in [1.165, 1.54) is 0 Å². The van der Waals surface area contributed by atoms with Crippen molar-refractivity contribution in [3.05, 3.63) is 22.2 Å². The lowest BCUT2D eigenvalue weighted by atomic mass is 10.1. The third-order valence-electron chi connectivity index (χ3n) is 2.54. The number of halogens is 1. The molecule has 0 saturated heterocycles. The van der Waals surface area contributed by atoms with Crippen LogP contribution in [0.2, 0.25) is 0 Å². The molecule has 0 heterocycles. The van der Waals surface area contributed by atoms with Gasteiger partial charge in [0.05, 0.1) is 13.2 Å². The lowest BCUT2D eigenvalue weighted by Gasteiger charge is -2.24. The van der Waals surface area contributed by atoms with Crippen molar-refractivity contribution >= 4 is 15.9 Å². The van der Waals surface area contributed by atoms with Crippen LogP contribution >= 0.6 is 15.9 Å². The molecule has 1 aromatic carbocycles. The smallest absolute Gasteiger partial charge is 0.167 e. The zero-order valence-corrected chi connectivity index (χ0v) is 14.2. The van der Waals surface area contributed by atoms with Gasteiger partial charge in [-0.3, -0.25) is 0 Å². The van der Waals surface area contributed by atoms with Gasteiger partial charge in [0.25, 0.3) is 0 Å². The average Bonchev–Trinajstić information content (AvgIpc) is 2.26. The van der Waals surface area contributed by atoms with Crippen LogP contribution in [0.15, 0.2) is 16.6 Å². The van der Waals surface area contributed by atoms with Crippen LogP contribution in [0.1, 0.15) is 40.2 Å². The quantitative estimate of drug-likeness (QED) is 0.880. The molecule has 1 N–H and O–H groups in total. The highest BCUT2D eigenvalue weighted by atomic mass is 79.9. The molecule has 0 bridgehead atoms. The number of rotatable bonds is 5. The van der Waals surface area contributed by atoms with Crippen molar-refractivity contribution in [3.63, 3.8) is 0 Å². The van der Waals surface area contributed by atoms with Crippen LogP contribution in [0.4, 0.5) is 0 Å². The maximum Gasteiger partial charge on any atom is 0.167 e. The first-order valence-electron chi connectivity index (χ1n) is 6.51. The summed E-state index contributed by atoms with van der Waals surface area (Å²) in [4.78, 5) is 0. The summed E-state index contributed by atoms with van der Waals surface area (Å²) in [5.41, 5.74) is 1.14. The minimum atomic E-state index is 0.0532. The number of hydrogen-bond acceptors (Lipinski definition) is 3. The van der Waals surface area contributed by atoms with Gasteiger partial charge in [0, 0.05) is 22.1 Å². The topological polar surface area (TPSA) is 30.5 Å². The number of hydrogen-bond donors (Lipinski definition) is 1. The van der Waals surface area contributed by atoms with E-state index in [0.717, 1.165) is 28.1 Å². The fourth-order valence-corrected chi connectivity index (χ4v) is 2.08. The number of nitrogens with one attached hydrogen (secondary N) is 1. The summed E-state index contributed by atoms with van der Waals surface area (Å²) in [6, 6.07) is 3.91. The van der Waals surface area contributed by atoms with Gasteiger partial charge in [-0.25, -0.2) is 0 Å². The van der Waals surface area contributed by atoms with E-state index in [1.54, 1.807) is 7.11 Å². The molecule has 3 nitrogen and oxygen atoms in total. The molecule has 0 atom stereocenters. The van der Waals surface area contributed by atoms with E-state index in [4.69, 9.17) is 9.47 Å². The first kappa shape index (κ1) is 16.3. The van der Waals surface area contributed by atoms with Gasteiger partial charge in [0.2, 0.25) is 0 Å². The lowest BCUT2D eigenvalue weighted by molar-refractivity contribution is 0.226. The Balaban J connectivity index is 3.11. The normalized spacial score (nSPS) is 11.8. The third kappa shape index (κ3) is 5.03. The molecular weight excluding hydrogens is 306 g/mol. The number of ether oxygens (including phenoxy) is 2. The van der Waals surface area contributed by atoms with E-state index >= 15 is 0 Å². The molecule has 108 valence electrons. The molecule has 0 fully saturated rings. The summed E-state index contributed by atoms with van der Waals surface area (Å²) in [7, 11) is 1.66. The predicted molar refractivity (Wildman–Crippen MR) is 83.1 cm³/mol. The van der Waals surface area contributed by atoms with E-state index < -0.39 is 0 Å².